The fourth-order valence-electron chi connectivity index (χ4n) is 3.12. The Morgan fingerprint density at radius 1 is 0.793 bits per heavy atom. The average molecular weight is 407 g/mol. The Morgan fingerprint density at radius 2 is 1.38 bits per heavy atom. The summed E-state index contributed by atoms with van der Waals surface area (Å²) in [6, 6.07) is 19.8. The minimum atomic E-state index is -1.97. The van der Waals surface area contributed by atoms with Crippen molar-refractivity contribution in [2.75, 3.05) is 7.11 Å². The number of ether oxygens (including phenoxy) is 1. The molecule has 1 aromatic carbocycles. The van der Waals surface area contributed by atoms with Gasteiger partial charge in [-0.2, -0.15) is 0 Å². The zero-order valence-corrected chi connectivity index (χ0v) is 19.1. The Kier molecular flexibility index (Phi) is 5.92. The average Bonchev–Trinajstić information content (AvgIpc) is 2.70. The Morgan fingerprint density at radius 3 is 1.83 bits per heavy atom. The fourth-order valence-corrected chi connectivity index (χ4v) is 4.14. The highest BCUT2D eigenvalue weighted by Crippen LogP contribution is 2.41. The van der Waals surface area contributed by atoms with Gasteiger partial charge in [-0.1, -0.05) is 45.0 Å². The standard InChI is InChI=1S/C24H30N2O2Si/c1-23(2,3)29(5,6)28-20-13-11-12-19(18-20)24(27-4,21-14-7-9-16-25-21)22-15-8-10-17-26-22/h7-18H,1-6H3. The van der Waals surface area contributed by atoms with Gasteiger partial charge in [0.1, 0.15) is 5.75 Å². The van der Waals surface area contributed by atoms with Crippen molar-refractivity contribution in [3.63, 3.8) is 0 Å². The number of pyridine rings is 2. The molecule has 0 fully saturated rings. The third-order valence-corrected chi connectivity index (χ3v) is 10.1. The van der Waals surface area contributed by atoms with Crippen molar-refractivity contribution in [1.29, 1.82) is 0 Å². The lowest BCUT2D eigenvalue weighted by Gasteiger charge is -2.37. The maximum Gasteiger partial charge on any atom is 0.250 e. The van der Waals surface area contributed by atoms with E-state index in [4.69, 9.17) is 9.16 Å². The SMILES string of the molecule is COC(c1cccc(O[Si](C)(C)C(C)(C)C)c1)(c1ccccn1)c1ccccn1. The predicted octanol–water partition coefficient (Wildman–Crippen LogP) is 5.80. The van der Waals surface area contributed by atoms with E-state index in [9.17, 15) is 0 Å². The van der Waals surface area contributed by atoms with Crippen LogP contribution in [-0.4, -0.2) is 25.4 Å². The normalized spacial score (nSPS) is 12.6. The summed E-state index contributed by atoms with van der Waals surface area (Å²) in [7, 11) is -0.269. The van der Waals surface area contributed by atoms with Crippen LogP contribution in [0.15, 0.2) is 73.1 Å². The maximum atomic E-state index is 6.56. The maximum absolute atomic E-state index is 6.56. The predicted molar refractivity (Wildman–Crippen MR) is 120 cm³/mol. The van der Waals surface area contributed by atoms with Crippen LogP contribution in [0.1, 0.15) is 37.7 Å². The lowest BCUT2D eigenvalue weighted by Crippen LogP contribution is -2.44. The first kappa shape index (κ1) is 21.2. The van der Waals surface area contributed by atoms with E-state index in [0.717, 1.165) is 22.7 Å². The third kappa shape index (κ3) is 4.11. The summed E-state index contributed by atoms with van der Waals surface area (Å²) in [5, 5.41) is 0.114. The van der Waals surface area contributed by atoms with E-state index in [-0.39, 0.29) is 5.04 Å². The number of methoxy groups -OCH3 is 1. The van der Waals surface area contributed by atoms with Gasteiger partial charge in [0.25, 0.3) is 0 Å². The molecule has 29 heavy (non-hydrogen) atoms. The van der Waals surface area contributed by atoms with Gasteiger partial charge in [-0.05, 0) is 60.1 Å². The number of hydrogen-bond donors (Lipinski definition) is 0. The van der Waals surface area contributed by atoms with Gasteiger partial charge in [0.2, 0.25) is 8.32 Å². The molecular formula is C24H30N2O2Si. The Hall–Kier alpha value is -2.50. The van der Waals surface area contributed by atoms with Crippen molar-refractivity contribution in [3.8, 4) is 5.75 Å². The monoisotopic (exact) mass is 406 g/mol. The van der Waals surface area contributed by atoms with Crippen LogP contribution in [0.5, 0.6) is 5.75 Å². The summed E-state index contributed by atoms with van der Waals surface area (Å²) >= 11 is 0. The van der Waals surface area contributed by atoms with Gasteiger partial charge in [0, 0.05) is 19.5 Å². The molecule has 0 saturated carbocycles. The first-order chi connectivity index (χ1) is 13.7. The molecule has 0 aliphatic heterocycles. The van der Waals surface area contributed by atoms with Crippen molar-refractivity contribution < 1.29 is 9.16 Å². The number of rotatable bonds is 6. The largest absolute Gasteiger partial charge is 0.543 e. The third-order valence-electron chi connectivity index (χ3n) is 5.78. The highest BCUT2D eigenvalue weighted by atomic mass is 28.4. The van der Waals surface area contributed by atoms with E-state index in [2.05, 4.69) is 49.9 Å². The summed E-state index contributed by atoms with van der Waals surface area (Å²) in [6.07, 6.45) is 3.56. The van der Waals surface area contributed by atoms with Gasteiger partial charge in [0.05, 0.1) is 11.4 Å². The molecule has 2 aromatic heterocycles. The van der Waals surface area contributed by atoms with Crippen LogP contribution < -0.4 is 4.43 Å². The number of aromatic nitrogens is 2. The van der Waals surface area contributed by atoms with Gasteiger partial charge in [-0.25, -0.2) is 0 Å². The molecule has 5 heteroatoms. The quantitative estimate of drug-likeness (QED) is 0.485. The second kappa shape index (κ2) is 8.09. The Balaban J connectivity index is 2.16. The molecule has 0 saturated heterocycles. The van der Waals surface area contributed by atoms with Gasteiger partial charge >= 0.3 is 0 Å². The zero-order valence-electron chi connectivity index (χ0n) is 18.1. The smallest absolute Gasteiger partial charge is 0.250 e. The molecule has 2 heterocycles. The number of hydrogen-bond acceptors (Lipinski definition) is 4. The molecule has 3 aromatic rings. The van der Waals surface area contributed by atoms with E-state index in [1.807, 2.05) is 54.6 Å². The molecule has 4 nitrogen and oxygen atoms in total. The van der Waals surface area contributed by atoms with Crippen LogP contribution in [0.25, 0.3) is 0 Å². The summed E-state index contributed by atoms with van der Waals surface area (Å²) in [5.74, 6) is 0.849. The van der Waals surface area contributed by atoms with Gasteiger partial charge in [-0.3, -0.25) is 9.97 Å². The molecule has 3 rings (SSSR count). The minimum absolute atomic E-state index is 0.114. The van der Waals surface area contributed by atoms with Crippen LogP contribution in [0.4, 0.5) is 0 Å². The van der Waals surface area contributed by atoms with Crippen LogP contribution in [0.2, 0.25) is 18.1 Å². The van der Waals surface area contributed by atoms with Gasteiger partial charge < -0.3 is 9.16 Å². The van der Waals surface area contributed by atoms with Crippen molar-refractivity contribution in [1.82, 2.24) is 9.97 Å². The van der Waals surface area contributed by atoms with E-state index in [0.29, 0.717) is 0 Å². The minimum Gasteiger partial charge on any atom is -0.543 e. The summed E-state index contributed by atoms with van der Waals surface area (Å²) < 4.78 is 12.7. The first-order valence-corrected chi connectivity index (χ1v) is 12.8. The Labute approximate surface area is 175 Å². The molecular weight excluding hydrogens is 376 g/mol. The highest BCUT2D eigenvalue weighted by Gasteiger charge is 2.41. The highest BCUT2D eigenvalue weighted by molar-refractivity contribution is 6.74. The van der Waals surface area contributed by atoms with E-state index < -0.39 is 13.9 Å². The van der Waals surface area contributed by atoms with Crippen molar-refractivity contribution in [2.24, 2.45) is 0 Å². The molecule has 0 N–H and O–H groups in total. The summed E-state index contributed by atoms with van der Waals surface area (Å²) in [4.78, 5) is 9.24. The molecule has 0 aliphatic carbocycles. The molecule has 0 radical (unpaired) electrons. The van der Waals surface area contributed by atoms with E-state index in [1.54, 1.807) is 19.5 Å². The second-order valence-corrected chi connectivity index (χ2v) is 13.4. The van der Waals surface area contributed by atoms with Crippen LogP contribution in [-0.2, 0) is 10.3 Å². The van der Waals surface area contributed by atoms with Gasteiger partial charge in [0.15, 0.2) is 5.60 Å². The molecule has 0 atom stereocenters. The lowest BCUT2D eigenvalue weighted by atomic mass is 9.85. The van der Waals surface area contributed by atoms with Gasteiger partial charge in [-0.15, -0.1) is 0 Å². The summed E-state index contributed by atoms with van der Waals surface area (Å²) in [6.45, 7) is 11.2. The number of benzene rings is 1. The van der Waals surface area contributed by atoms with Crippen LogP contribution in [0, 0.1) is 0 Å². The van der Waals surface area contributed by atoms with Crippen molar-refractivity contribution in [3.05, 3.63) is 90.0 Å². The van der Waals surface area contributed by atoms with Crippen LogP contribution in [0.3, 0.4) is 0 Å². The van der Waals surface area contributed by atoms with E-state index >= 15 is 0 Å². The lowest BCUT2D eigenvalue weighted by molar-refractivity contribution is 0.0510. The van der Waals surface area contributed by atoms with E-state index in [1.165, 1.54) is 0 Å². The Bertz CT molecular complexity index is 898. The fraction of sp³-hybridized carbons (Fsp3) is 0.333. The first-order valence-electron chi connectivity index (χ1n) is 9.88. The molecule has 0 bridgehead atoms. The van der Waals surface area contributed by atoms with Crippen molar-refractivity contribution in [2.45, 2.75) is 44.5 Å². The topological polar surface area (TPSA) is 44.2 Å². The zero-order chi connectivity index (χ0) is 21.1. The summed E-state index contributed by atoms with van der Waals surface area (Å²) in [5.41, 5.74) is 1.58. The molecule has 0 unspecified atom stereocenters. The molecule has 152 valence electrons. The number of nitrogens with zero attached hydrogens (tertiary/aromatic N) is 2. The molecule has 0 amide bonds. The second-order valence-electron chi connectivity index (χ2n) is 8.71. The molecule has 0 spiro atoms. The van der Waals surface area contributed by atoms with Crippen molar-refractivity contribution >= 4 is 8.32 Å². The van der Waals surface area contributed by atoms with Crippen LogP contribution >= 0.6 is 0 Å². The molecule has 0 aliphatic rings.